The number of ether oxygens (including phenoxy) is 1. The first-order valence-corrected chi connectivity index (χ1v) is 5.08. The van der Waals surface area contributed by atoms with Crippen LogP contribution in [0, 0.1) is 0 Å². The number of morpholine rings is 1. The smallest absolute Gasteiger partial charge is 0.226 e. The monoisotopic (exact) mass is 204 g/mol. The highest BCUT2D eigenvalue weighted by molar-refractivity contribution is 5.77. The fourth-order valence-corrected chi connectivity index (χ4v) is 1.92. The van der Waals surface area contributed by atoms with Gasteiger partial charge in [-0.15, -0.1) is 0 Å². The Kier molecular flexibility index (Phi) is 2.16. The Morgan fingerprint density at radius 3 is 3.33 bits per heavy atom. The summed E-state index contributed by atoms with van der Waals surface area (Å²) in [5.41, 5.74) is 1.83. The molecule has 0 amide bonds. The molecule has 1 fully saturated rings. The van der Waals surface area contributed by atoms with Crippen LogP contribution in [0.1, 0.15) is 11.6 Å². The number of rotatable bonds is 1. The molecule has 78 valence electrons. The lowest BCUT2D eigenvalue weighted by molar-refractivity contribution is 0.0770. The summed E-state index contributed by atoms with van der Waals surface area (Å²) < 4.78 is 10.8. The Balaban J connectivity index is 2.02. The van der Waals surface area contributed by atoms with E-state index < -0.39 is 0 Å². The van der Waals surface area contributed by atoms with Gasteiger partial charge >= 0.3 is 0 Å². The van der Waals surface area contributed by atoms with E-state index >= 15 is 0 Å². The van der Waals surface area contributed by atoms with Crippen molar-refractivity contribution in [3.8, 4) is 0 Å². The van der Waals surface area contributed by atoms with Crippen LogP contribution in [0.15, 0.2) is 29.0 Å². The third kappa shape index (κ3) is 1.52. The molecule has 1 aliphatic heterocycles. The minimum absolute atomic E-state index is 0.226. The predicted molar refractivity (Wildman–Crippen MR) is 55.6 cm³/mol. The Morgan fingerprint density at radius 2 is 2.47 bits per heavy atom. The van der Waals surface area contributed by atoms with E-state index in [0.29, 0.717) is 12.3 Å². The number of fused-ring (bicyclic) bond motifs is 1. The topological polar surface area (TPSA) is 47.3 Å². The summed E-state index contributed by atoms with van der Waals surface area (Å²) in [5.74, 6) is 0. The molecule has 1 saturated heterocycles. The van der Waals surface area contributed by atoms with Gasteiger partial charge in [0.05, 0.1) is 25.5 Å². The van der Waals surface area contributed by atoms with Crippen LogP contribution in [0.4, 0.5) is 0 Å². The van der Waals surface area contributed by atoms with Gasteiger partial charge in [-0.25, -0.2) is 4.98 Å². The van der Waals surface area contributed by atoms with Crippen molar-refractivity contribution in [2.24, 2.45) is 0 Å². The molecule has 2 aromatic rings. The van der Waals surface area contributed by atoms with Crippen LogP contribution in [-0.2, 0) is 4.74 Å². The lowest BCUT2D eigenvalue weighted by Gasteiger charge is -2.22. The lowest BCUT2D eigenvalue weighted by atomic mass is 10.1. The standard InChI is InChI=1S/C11H12N2O2/c1-2-8-9(6-15-11(8)13-3-1)10-7-14-5-4-12-10/h1-3,6,10,12H,4-5,7H2. The largest absolute Gasteiger partial charge is 0.446 e. The van der Waals surface area contributed by atoms with Crippen molar-refractivity contribution in [2.45, 2.75) is 6.04 Å². The van der Waals surface area contributed by atoms with Crippen molar-refractivity contribution in [2.75, 3.05) is 19.8 Å². The molecule has 15 heavy (non-hydrogen) atoms. The molecule has 4 nitrogen and oxygen atoms in total. The molecule has 3 rings (SSSR count). The van der Waals surface area contributed by atoms with Gasteiger partial charge in [0.15, 0.2) is 0 Å². The lowest BCUT2D eigenvalue weighted by Crippen LogP contribution is -2.34. The molecule has 0 bridgehead atoms. The zero-order valence-corrected chi connectivity index (χ0v) is 8.27. The summed E-state index contributed by atoms with van der Waals surface area (Å²) in [4.78, 5) is 4.16. The van der Waals surface area contributed by atoms with Crippen LogP contribution in [0.5, 0.6) is 0 Å². The number of nitrogens with one attached hydrogen (secondary N) is 1. The van der Waals surface area contributed by atoms with Gasteiger partial charge in [-0.2, -0.15) is 0 Å². The summed E-state index contributed by atoms with van der Waals surface area (Å²) in [6.07, 6.45) is 3.50. The first kappa shape index (κ1) is 8.88. The van der Waals surface area contributed by atoms with Crippen molar-refractivity contribution >= 4 is 11.1 Å². The number of hydrogen-bond donors (Lipinski definition) is 1. The Morgan fingerprint density at radius 1 is 1.47 bits per heavy atom. The molecule has 0 saturated carbocycles. The molecule has 2 aromatic heterocycles. The van der Waals surface area contributed by atoms with E-state index in [1.807, 2.05) is 12.1 Å². The van der Waals surface area contributed by atoms with E-state index in [0.717, 1.165) is 24.1 Å². The van der Waals surface area contributed by atoms with Crippen LogP contribution in [0.25, 0.3) is 11.1 Å². The first-order chi connectivity index (χ1) is 7.45. The van der Waals surface area contributed by atoms with Gasteiger partial charge in [-0.1, -0.05) is 0 Å². The summed E-state index contributed by atoms with van der Waals surface area (Å²) >= 11 is 0. The van der Waals surface area contributed by atoms with Gasteiger partial charge in [0.25, 0.3) is 0 Å². The molecule has 1 aliphatic rings. The van der Waals surface area contributed by atoms with Crippen molar-refractivity contribution in [3.63, 3.8) is 0 Å². The number of hydrogen-bond acceptors (Lipinski definition) is 4. The average molecular weight is 204 g/mol. The SMILES string of the molecule is c1cnc2occ(C3COCCN3)c2c1. The second-order valence-electron chi connectivity index (χ2n) is 3.63. The minimum atomic E-state index is 0.226. The Hall–Kier alpha value is -1.39. The maximum Gasteiger partial charge on any atom is 0.226 e. The Bertz CT molecular complexity index is 460. The van der Waals surface area contributed by atoms with Gasteiger partial charge in [0.1, 0.15) is 0 Å². The summed E-state index contributed by atoms with van der Waals surface area (Å²) in [7, 11) is 0. The zero-order valence-electron chi connectivity index (χ0n) is 8.27. The van der Waals surface area contributed by atoms with Crippen LogP contribution in [0.2, 0.25) is 0 Å². The van der Waals surface area contributed by atoms with Gasteiger partial charge in [-0.3, -0.25) is 0 Å². The molecule has 0 aliphatic carbocycles. The molecular weight excluding hydrogens is 192 g/mol. The zero-order chi connectivity index (χ0) is 10.1. The maximum atomic E-state index is 5.43. The number of nitrogens with zero attached hydrogens (tertiary/aromatic N) is 1. The van der Waals surface area contributed by atoms with E-state index in [1.165, 1.54) is 0 Å². The molecule has 4 heteroatoms. The quantitative estimate of drug-likeness (QED) is 0.764. The maximum absolute atomic E-state index is 5.43. The van der Waals surface area contributed by atoms with E-state index in [1.54, 1.807) is 12.5 Å². The highest BCUT2D eigenvalue weighted by Gasteiger charge is 2.19. The molecule has 0 radical (unpaired) electrons. The average Bonchev–Trinajstić information content (AvgIpc) is 2.74. The molecule has 1 unspecified atom stereocenters. The number of furan rings is 1. The summed E-state index contributed by atoms with van der Waals surface area (Å²) in [6, 6.07) is 4.17. The molecule has 3 heterocycles. The van der Waals surface area contributed by atoms with Gasteiger partial charge < -0.3 is 14.5 Å². The third-order valence-electron chi connectivity index (χ3n) is 2.68. The molecule has 0 aromatic carbocycles. The van der Waals surface area contributed by atoms with Gasteiger partial charge in [0.2, 0.25) is 5.71 Å². The Labute approximate surface area is 87.2 Å². The van der Waals surface area contributed by atoms with Crippen LogP contribution in [0.3, 0.4) is 0 Å². The van der Waals surface area contributed by atoms with Crippen molar-refractivity contribution < 1.29 is 9.15 Å². The number of aromatic nitrogens is 1. The summed E-state index contributed by atoms with van der Waals surface area (Å²) in [5, 5.41) is 4.47. The van der Waals surface area contributed by atoms with Crippen LogP contribution < -0.4 is 5.32 Å². The van der Waals surface area contributed by atoms with Crippen molar-refractivity contribution in [1.82, 2.24) is 10.3 Å². The van der Waals surface area contributed by atoms with E-state index in [4.69, 9.17) is 9.15 Å². The predicted octanol–water partition coefficient (Wildman–Crippen LogP) is 1.49. The van der Waals surface area contributed by atoms with Crippen molar-refractivity contribution in [1.29, 1.82) is 0 Å². The second kappa shape index (κ2) is 3.64. The van der Waals surface area contributed by atoms with E-state index in [-0.39, 0.29) is 6.04 Å². The highest BCUT2D eigenvalue weighted by Crippen LogP contribution is 2.25. The second-order valence-corrected chi connectivity index (χ2v) is 3.63. The van der Waals surface area contributed by atoms with Crippen molar-refractivity contribution in [3.05, 3.63) is 30.2 Å². The van der Waals surface area contributed by atoms with Crippen LogP contribution >= 0.6 is 0 Å². The summed E-state index contributed by atoms with van der Waals surface area (Å²) in [6.45, 7) is 2.37. The third-order valence-corrected chi connectivity index (χ3v) is 2.68. The molecule has 1 N–H and O–H groups in total. The first-order valence-electron chi connectivity index (χ1n) is 5.08. The molecular formula is C11H12N2O2. The van der Waals surface area contributed by atoms with Gasteiger partial charge in [-0.05, 0) is 12.1 Å². The highest BCUT2D eigenvalue weighted by atomic mass is 16.5. The molecule has 0 spiro atoms. The minimum Gasteiger partial charge on any atom is -0.446 e. The van der Waals surface area contributed by atoms with E-state index in [9.17, 15) is 0 Å². The molecule has 1 atom stereocenters. The van der Waals surface area contributed by atoms with E-state index in [2.05, 4.69) is 10.3 Å². The fourth-order valence-electron chi connectivity index (χ4n) is 1.92. The van der Waals surface area contributed by atoms with Crippen LogP contribution in [-0.4, -0.2) is 24.7 Å². The fraction of sp³-hybridized carbons (Fsp3) is 0.364. The number of pyridine rings is 1. The van der Waals surface area contributed by atoms with Gasteiger partial charge in [0, 0.05) is 23.7 Å². The normalized spacial score (nSPS) is 22.0.